The third-order valence-electron chi connectivity index (χ3n) is 2.34. The van der Waals surface area contributed by atoms with Gasteiger partial charge in [-0.25, -0.2) is 13.6 Å². The number of benzene rings is 1. The molecular weight excluding hydrogens is 236 g/mol. The monoisotopic (exact) mass is 245 g/mol. The highest BCUT2D eigenvalue weighted by molar-refractivity contribution is 5.69. The first-order chi connectivity index (χ1) is 7.88. The largest absolute Gasteiger partial charge is 0.508 e. The highest BCUT2D eigenvalue weighted by Crippen LogP contribution is 2.36. The van der Waals surface area contributed by atoms with Crippen molar-refractivity contribution in [2.75, 3.05) is 6.61 Å². The molecule has 1 aromatic carbocycles. The van der Waals surface area contributed by atoms with E-state index in [1.54, 1.807) is 0 Å². The van der Waals surface area contributed by atoms with Crippen molar-refractivity contribution < 1.29 is 28.5 Å². The van der Waals surface area contributed by atoms with E-state index in [9.17, 15) is 23.8 Å². The van der Waals surface area contributed by atoms with Crippen molar-refractivity contribution in [3.8, 4) is 11.5 Å². The molecule has 5 nitrogen and oxygen atoms in total. The highest BCUT2D eigenvalue weighted by Gasteiger charge is 2.47. The predicted octanol–water partition coefficient (Wildman–Crippen LogP) is 1.51. The van der Waals surface area contributed by atoms with E-state index in [1.165, 1.54) is 0 Å². The minimum atomic E-state index is -3.31. The van der Waals surface area contributed by atoms with Gasteiger partial charge in [-0.3, -0.25) is 0 Å². The minimum Gasteiger partial charge on any atom is -0.508 e. The van der Waals surface area contributed by atoms with Crippen LogP contribution in [0.2, 0.25) is 0 Å². The number of nitrogens with one attached hydrogen (secondary N) is 1. The summed E-state index contributed by atoms with van der Waals surface area (Å²) in [6.07, 6.45) is -0.969. The van der Waals surface area contributed by atoms with Gasteiger partial charge in [0.2, 0.25) is 0 Å². The lowest BCUT2D eigenvalue weighted by Gasteiger charge is -2.31. The Balaban J connectivity index is 2.39. The molecule has 2 rings (SSSR count). The molecule has 0 unspecified atom stereocenters. The van der Waals surface area contributed by atoms with Crippen molar-refractivity contribution in [2.24, 2.45) is 0 Å². The lowest BCUT2D eigenvalue weighted by atomic mass is 9.99. The first-order valence-corrected chi connectivity index (χ1v) is 4.72. The first-order valence-electron chi connectivity index (χ1n) is 4.72. The fraction of sp³-hybridized carbons (Fsp3) is 0.300. The molecule has 7 heteroatoms. The van der Waals surface area contributed by atoms with Crippen LogP contribution in [0.25, 0.3) is 0 Å². The van der Waals surface area contributed by atoms with Crippen LogP contribution in [0.4, 0.5) is 13.6 Å². The molecule has 0 saturated carbocycles. The third kappa shape index (κ3) is 2.22. The Morgan fingerprint density at radius 1 is 1.29 bits per heavy atom. The van der Waals surface area contributed by atoms with Gasteiger partial charge in [0.1, 0.15) is 17.5 Å². The van der Waals surface area contributed by atoms with Crippen LogP contribution in [-0.2, 0) is 4.74 Å². The van der Waals surface area contributed by atoms with Crippen LogP contribution in [0.15, 0.2) is 18.2 Å². The highest BCUT2D eigenvalue weighted by atomic mass is 19.3. The lowest BCUT2D eigenvalue weighted by Crippen LogP contribution is -2.49. The number of phenols is 2. The maximum Gasteiger partial charge on any atom is 0.408 e. The van der Waals surface area contributed by atoms with Crippen molar-refractivity contribution in [3.63, 3.8) is 0 Å². The number of cyclic esters (lactones) is 1. The third-order valence-corrected chi connectivity index (χ3v) is 2.34. The Bertz CT molecular complexity index is 443. The zero-order valence-corrected chi connectivity index (χ0v) is 8.48. The molecule has 17 heavy (non-hydrogen) atoms. The topological polar surface area (TPSA) is 78.8 Å². The van der Waals surface area contributed by atoms with Crippen LogP contribution < -0.4 is 5.32 Å². The fourth-order valence-corrected chi connectivity index (χ4v) is 1.62. The average Bonchev–Trinajstić information content (AvgIpc) is 2.20. The molecule has 0 bridgehead atoms. The summed E-state index contributed by atoms with van der Waals surface area (Å²) >= 11 is 0. The van der Waals surface area contributed by atoms with E-state index in [2.05, 4.69) is 4.74 Å². The molecule has 0 aromatic heterocycles. The Morgan fingerprint density at radius 3 is 2.47 bits per heavy atom. The van der Waals surface area contributed by atoms with Gasteiger partial charge >= 0.3 is 12.0 Å². The number of phenolic OH excluding ortho intramolecular Hbond substituents is 2. The molecule has 92 valence electrons. The quantitative estimate of drug-likeness (QED) is 0.700. The summed E-state index contributed by atoms with van der Waals surface area (Å²) in [4.78, 5) is 10.9. The van der Waals surface area contributed by atoms with Crippen LogP contribution >= 0.6 is 0 Å². The summed E-state index contributed by atoms with van der Waals surface area (Å²) in [6, 6.07) is 1.46. The number of hydrogen-bond acceptors (Lipinski definition) is 4. The van der Waals surface area contributed by atoms with Crippen molar-refractivity contribution in [1.29, 1.82) is 0 Å². The molecule has 1 aliphatic rings. The lowest BCUT2D eigenvalue weighted by molar-refractivity contribution is -0.104. The van der Waals surface area contributed by atoms with Crippen molar-refractivity contribution >= 4 is 6.09 Å². The van der Waals surface area contributed by atoms with Crippen LogP contribution in [0.1, 0.15) is 11.6 Å². The first kappa shape index (κ1) is 11.4. The molecule has 1 amide bonds. The number of rotatable bonds is 1. The fourth-order valence-electron chi connectivity index (χ4n) is 1.62. The van der Waals surface area contributed by atoms with Gasteiger partial charge in [0.25, 0.3) is 0 Å². The molecule has 1 atom stereocenters. The van der Waals surface area contributed by atoms with Gasteiger partial charge in [-0.15, -0.1) is 0 Å². The number of halogens is 2. The van der Waals surface area contributed by atoms with Crippen LogP contribution in [0, 0.1) is 0 Å². The molecule has 1 aliphatic heterocycles. The van der Waals surface area contributed by atoms with Gasteiger partial charge in [-0.2, -0.15) is 0 Å². The Labute approximate surface area is 94.6 Å². The number of ether oxygens (including phenoxy) is 1. The molecule has 1 fully saturated rings. The van der Waals surface area contributed by atoms with Crippen LogP contribution in [0.5, 0.6) is 11.5 Å². The molecule has 0 aliphatic carbocycles. The number of carbonyl (C=O) groups is 1. The van der Waals surface area contributed by atoms with Gasteiger partial charge in [0, 0.05) is 6.07 Å². The van der Waals surface area contributed by atoms with E-state index < -0.39 is 24.7 Å². The summed E-state index contributed by atoms with van der Waals surface area (Å²) < 4.78 is 31.2. The molecule has 1 aromatic rings. The van der Waals surface area contributed by atoms with E-state index in [0.717, 1.165) is 18.2 Å². The molecule has 0 spiro atoms. The van der Waals surface area contributed by atoms with Crippen molar-refractivity contribution in [3.05, 3.63) is 23.8 Å². The number of amides is 1. The molecule has 0 radical (unpaired) electrons. The van der Waals surface area contributed by atoms with Gasteiger partial charge in [0.15, 0.2) is 6.61 Å². The van der Waals surface area contributed by atoms with E-state index in [-0.39, 0.29) is 17.1 Å². The standard InChI is InChI=1S/C10H9F2NO4/c11-10(12)4-17-9(16)13-8(10)5-1-6(14)3-7(15)2-5/h1-3,8,14-15H,4H2,(H,13,16)/t8-/m0/s1. The average molecular weight is 245 g/mol. The summed E-state index contributed by atoms with van der Waals surface area (Å²) in [6.45, 7) is -1.04. The minimum absolute atomic E-state index is 0.0934. The van der Waals surface area contributed by atoms with Gasteiger partial charge in [-0.1, -0.05) is 0 Å². The summed E-state index contributed by atoms with van der Waals surface area (Å²) in [7, 11) is 0. The van der Waals surface area contributed by atoms with Gasteiger partial charge in [0.05, 0.1) is 0 Å². The summed E-state index contributed by atoms with van der Waals surface area (Å²) in [5.41, 5.74) is -0.0934. The van der Waals surface area contributed by atoms with E-state index in [0.29, 0.717) is 0 Å². The van der Waals surface area contributed by atoms with E-state index in [4.69, 9.17) is 0 Å². The van der Waals surface area contributed by atoms with Gasteiger partial charge in [-0.05, 0) is 17.7 Å². The smallest absolute Gasteiger partial charge is 0.408 e. The Kier molecular flexibility index (Phi) is 2.53. The van der Waals surface area contributed by atoms with Crippen molar-refractivity contribution in [1.82, 2.24) is 5.32 Å². The molecular formula is C10H9F2NO4. The van der Waals surface area contributed by atoms with Crippen molar-refractivity contribution in [2.45, 2.75) is 12.0 Å². The number of hydrogen-bond donors (Lipinski definition) is 3. The number of aromatic hydroxyl groups is 2. The summed E-state index contributed by atoms with van der Waals surface area (Å²) in [5, 5.41) is 20.4. The Hall–Kier alpha value is -2.05. The second kappa shape index (κ2) is 3.76. The maximum absolute atomic E-state index is 13.5. The second-order valence-corrected chi connectivity index (χ2v) is 3.70. The number of carbonyl (C=O) groups excluding carboxylic acids is 1. The number of alkyl carbamates (subject to hydrolysis) is 1. The predicted molar refractivity (Wildman–Crippen MR) is 51.9 cm³/mol. The number of alkyl halides is 2. The second-order valence-electron chi connectivity index (χ2n) is 3.70. The van der Waals surface area contributed by atoms with Crippen LogP contribution in [0.3, 0.4) is 0 Å². The van der Waals surface area contributed by atoms with E-state index in [1.807, 2.05) is 5.32 Å². The zero-order chi connectivity index (χ0) is 12.6. The summed E-state index contributed by atoms with van der Waals surface area (Å²) in [5.74, 6) is -4.04. The van der Waals surface area contributed by atoms with E-state index >= 15 is 0 Å². The molecule has 1 saturated heterocycles. The normalized spacial score (nSPS) is 22.7. The molecule has 1 heterocycles. The van der Waals surface area contributed by atoms with Crippen LogP contribution in [-0.4, -0.2) is 28.8 Å². The Morgan fingerprint density at radius 2 is 1.88 bits per heavy atom. The van der Waals surface area contributed by atoms with Gasteiger partial charge < -0.3 is 20.3 Å². The molecule has 3 N–H and O–H groups in total. The maximum atomic E-state index is 13.5. The zero-order valence-electron chi connectivity index (χ0n) is 8.48. The SMILES string of the molecule is O=C1N[C@@H](c2cc(O)cc(O)c2)C(F)(F)CO1.